The van der Waals surface area contributed by atoms with E-state index in [1.807, 2.05) is 27.7 Å². The van der Waals surface area contributed by atoms with Crippen LogP contribution in [0.25, 0.3) is 0 Å². The molecule has 0 aliphatic heterocycles. The Hall–Kier alpha value is -0.280. The molecule has 152 valence electrons. The fourth-order valence-corrected chi connectivity index (χ4v) is 2.28. The summed E-state index contributed by atoms with van der Waals surface area (Å²) in [6, 6.07) is 0. The third-order valence-electron chi connectivity index (χ3n) is 3.94. The van der Waals surface area contributed by atoms with E-state index in [9.17, 15) is 10.2 Å². The van der Waals surface area contributed by atoms with Crippen molar-refractivity contribution >= 4 is 0 Å². The Bertz CT molecular complexity index is 255. The van der Waals surface area contributed by atoms with Crippen LogP contribution in [0.5, 0.6) is 0 Å². The van der Waals surface area contributed by atoms with Gasteiger partial charge >= 0.3 is 0 Å². The molecule has 7 nitrogen and oxygen atoms in total. The molecule has 0 atom stereocenters. The van der Waals surface area contributed by atoms with Crippen LogP contribution in [-0.2, 0) is 23.7 Å². The van der Waals surface area contributed by atoms with Crippen LogP contribution in [0.1, 0.15) is 27.7 Å². The summed E-state index contributed by atoms with van der Waals surface area (Å²) in [7, 11) is 0. The highest BCUT2D eigenvalue weighted by molar-refractivity contribution is 4.82. The molecule has 2 N–H and O–H groups in total. The van der Waals surface area contributed by atoms with Gasteiger partial charge in [0, 0.05) is 26.4 Å². The molecule has 0 spiro atoms. The third kappa shape index (κ3) is 9.84. The Balaban J connectivity index is 4.82. The molecule has 7 heteroatoms. The van der Waals surface area contributed by atoms with Gasteiger partial charge in [0.05, 0.1) is 63.7 Å². The second-order valence-corrected chi connectivity index (χ2v) is 6.36. The molecule has 0 aromatic heterocycles. The summed E-state index contributed by atoms with van der Waals surface area (Å²) in [5.41, 5.74) is -1.24. The maximum atomic E-state index is 9.86. The lowest BCUT2D eigenvalue weighted by molar-refractivity contribution is -0.128. The Morgan fingerprint density at radius 3 is 0.920 bits per heavy atom. The highest BCUT2D eigenvalue weighted by Crippen LogP contribution is 2.23. The van der Waals surface area contributed by atoms with Crippen LogP contribution in [0.4, 0.5) is 0 Å². The van der Waals surface area contributed by atoms with E-state index in [0.717, 1.165) is 0 Å². The van der Waals surface area contributed by atoms with Crippen LogP contribution in [0.15, 0.2) is 0 Å². The lowest BCUT2D eigenvalue weighted by Gasteiger charge is -2.35. The normalized spacial score (nSPS) is 12.7. The van der Waals surface area contributed by atoms with Gasteiger partial charge in [-0.15, -0.1) is 0 Å². The fourth-order valence-electron chi connectivity index (χ4n) is 2.28. The van der Waals surface area contributed by atoms with Crippen LogP contribution in [0, 0.1) is 10.8 Å². The number of aliphatic hydroxyl groups is 2. The Kier molecular flexibility index (Phi) is 14.7. The third-order valence-corrected chi connectivity index (χ3v) is 3.94. The highest BCUT2D eigenvalue weighted by Gasteiger charge is 2.35. The van der Waals surface area contributed by atoms with Gasteiger partial charge in [-0.3, -0.25) is 0 Å². The summed E-state index contributed by atoms with van der Waals surface area (Å²) in [5.74, 6) is 0. The lowest BCUT2D eigenvalue weighted by atomic mass is 9.90. The van der Waals surface area contributed by atoms with E-state index < -0.39 is 10.8 Å². The molecule has 0 aliphatic rings. The van der Waals surface area contributed by atoms with Gasteiger partial charge in [-0.1, -0.05) is 0 Å². The van der Waals surface area contributed by atoms with Crippen molar-refractivity contribution in [1.82, 2.24) is 0 Å². The molecule has 0 aliphatic carbocycles. The first-order chi connectivity index (χ1) is 12.1. The zero-order valence-electron chi connectivity index (χ0n) is 16.4. The predicted molar refractivity (Wildman–Crippen MR) is 95.8 cm³/mol. The van der Waals surface area contributed by atoms with Crippen molar-refractivity contribution in [2.45, 2.75) is 27.7 Å². The molecule has 0 aromatic rings. The first-order valence-electron chi connectivity index (χ1n) is 9.18. The molecule has 0 amide bonds. The maximum absolute atomic E-state index is 9.86. The molecule has 0 radical (unpaired) electrons. The molecule has 0 heterocycles. The Labute approximate surface area is 152 Å². The van der Waals surface area contributed by atoms with Gasteiger partial charge in [0.2, 0.25) is 0 Å². The van der Waals surface area contributed by atoms with E-state index in [-0.39, 0.29) is 26.4 Å². The van der Waals surface area contributed by atoms with E-state index in [2.05, 4.69) is 0 Å². The van der Waals surface area contributed by atoms with Gasteiger partial charge in [-0.05, 0) is 27.7 Å². The molecule has 0 aromatic carbocycles. The summed E-state index contributed by atoms with van der Waals surface area (Å²) < 4.78 is 27.9. The molecule has 0 bridgehead atoms. The van der Waals surface area contributed by atoms with Gasteiger partial charge in [0.1, 0.15) is 0 Å². The van der Waals surface area contributed by atoms with Crippen LogP contribution in [0.2, 0.25) is 0 Å². The predicted octanol–water partition coefficient (Wildman–Crippen LogP) is 1.11. The van der Waals surface area contributed by atoms with E-state index in [1.165, 1.54) is 0 Å². The van der Waals surface area contributed by atoms with Crippen LogP contribution < -0.4 is 0 Å². The lowest BCUT2D eigenvalue weighted by Crippen LogP contribution is -2.45. The van der Waals surface area contributed by atoms with Crippen molar-refractivity contribution in [3.05, 3.63) is 0 Å². The molecular weight excluding hydrogens is 328 g/mol. The van der Waals surface area contributed by atoms with Crippen molar-refractivity contribution in [1.29, 1.82) is 0 Å². The molecule has 0 unspecified atom stereocenters. The Morgan fingerprint density at radius 2 is 0.720 bits per heavy atom. The van der Waals surface area contributed by atoms with Crippen LogP contribution in [-0.4, -0.2) is 89.5 Å². The molecular formula is C18H38O7. The van der Waals surface area contributed by atoms with E-state index in [4.69, 9.17) is 23.7 Å². The maximum Gasteiger partial charge on any atom is 0.0635 e. The van der Waals surface area contributed by atoms with Crippen molar-refractivity contribution in [2.24, 2.45) is 10.8 Å². The van der Waals surface area contributed by atoms with Gasteiger partial charge in [-0.2, -0.15) is 0 Å². The van der Waals surface area contributed by atoms with Gasteiger partial charge in [0.25, 0.3) is 0 Å². The van der Waals surface area contributed by atoms with Gasteiger partial charge in [0.15, 0.2) is 0 Å². The minimum Gasteiger partial charge on any atom is -0.396 e. The molecule has 0 fully saturated rings. The zero-order valence-corrected chi connectivity index (χ0v) is 16.4. The summed E-state index contributed by atoms with van der Waals surface area (Å²) in [5, 5.41) is 19.7. The van der Waals surface area contributed by atoms with Gasteiger partial charge in [-0.25, -0.2) is 0 Å². The summed E-state index contributed by atoms with van der Waals surface area (Å²) in [4.78, 5) is 0. The molecule has 0 saturated carbocycles. The number of rotatable bonds is 18. The molecule has 25 heavy (non-hydrogen) atoms. The van der Waals surface area contributed by atoms with Crippen molar-refractivity contribution in [2.75, 3.05) is 79.3 Å². The monoisotopic (exact) mass is 366 g/mol. The zero-order chi connectivity index (χ0) is 19.0. The average Bonchev–Trinajstić information content (AvgIpc) is 2.65. The summed E-state index contributed by atoms with van der Waals surface area (Å²) in [6.45, 7) is 11.6. The van der Waals surface area contributed by atoms with Gasteiger partial charge < -0.3 is 33.9 Å². The summed E-state index contributed by atoms with van der Waals surface area (Å²) >= 11 is 0. The molecule has 0 rings (SSSR count). The number of aliphatic hydroxyl groups excluding tert-OH is 2. The minimum absolute atomic E-state index is 0.101. The van der Waals surface area contributed by atoms with Crippen molar-refractivity contribution in [3.8, 4) is 0 Å². The SMILES string of the molecule is CCOCC(CO)(COCC)COCC(CO)(COCC)COCC. The second kappa shape index (κ2) is 14.8. The highest BCUT2D eigenvalue weighted by atomic mass is 16.5. The fraction of sp³-hybridized carbons (Fsp3) is 1.00. The largest absolute Gasteiger partial charge is 0.396 e. The standard InChI is InChI=1S/C18H38O7/c1-5-21-11-17(9-19,12-22-6-2)15-25-16-18(10-20,13-23-7-3)14-24-8-4/h19-20H,5-16H2,1-4H3. The van der Waals surface area contributed by atoms with E-state index in [0.29, 0.717) is 52.9 Å². The minimum atomic E-state index is -0.621. The first kappa shape index (κ1) is 24.7. The second-order valence-electron chi connectivity index (χ2n) is 6.36. The smallest absolute Gasteiger partial charge is 0.0635 e. The number of hydrogen-bond acceptors (Lipinski definition) is 7. The Morgan fingerprint density at radius 1 is 0.480 bits per heavy atom. The topological polar surface area (TPSA) is 86.6 Å². The molecule has 0 saturated heterocycles. The number of ether oxygens (including phenoxy) is 5. The average molecular weight is 366 g/mol. The quantitative estimate of drug-likeness (QED) is 0.376. The van der Waals surface area contributed by atoms with E-state index in [1.54, 1.807) is 0 Å². The van der Waals surface area contributed by atoms with E-state index >= 15 is 0 Å². The summed E-state index contributed by atoms with van der Waals surface area (Å²) in [6.07, 6.45) is 0. The van der Waals surface area contributed by atoms with Crippen LogP contribution >= 0.6 is 0 Å². The van der Waals surface area contributed by atoms with Crippen molar-refractivity contribution in [3.63, 3.8) is 0 Å². The van der Waals surface area contributed by atoms with Crippen molar-refractivity contribution < 1.29 is 33.9 Å². The first-order valence-corrected chi connectivity index (χ1v) is 9.18. The number of hydrogen-bond donors (Lipinski definition) is 2. The van der Waals surface area contributed by atoms with Crippen LogP contribution in [0.3, 0.4) is 0 Å².